The molecule has 2 aromatic carbocycles. The predicted octanol–water partition coefficient (Wildman–Crippen LogP) is 3.02. The number of piperazine rings is 1. The highest BCUT2D eigenvalue weighted by Gasteiger charge is 2.24. The van der Waals surface area contributed by atoms with E-state index >= 15 is 0 Å². The Hall–Kier alpha value is -1.68. The summed E-state index contributed by atoms with van der Waals surface area (Å²) in [5.74, 6) is 1.26. The Labute approximate surface area is 185 Å². The first-order valence-electron chi connectivity index (χ1n) is 9.10. The molecular weight excluding hydrogens is 482 g/mol. The Morgan fingerprint density at radius 2 is 1.97 bits per heavy atom. The fourth-order valence-electron chi connectivity index (χ4n) is 3.54. The van der Waals surface area contributed by atoms with Gasteiger partial charge in [0.05, 0.1) is 30.0 Å². The molecule has 0 radical (unpaired) electrons. The van der Waals surface area contributed by atoms with Gasteiger partial charge in [-0.05, 0) is 30.3 Å². The average Bonchev–Trinajstić information content (AvgIpc) is 3.16. The van der Waals surface area contributed by atoms with Crippen molar-refractivity contribution in [1.29, 1.82) is 0 Å². The summed E-state index contributed by atoms with van der Waals surface area (Å²) in [7, 11) is -2.19. The number of rotatable bonds is 5. The molecule has 2 aliphatic rings. The van der Waals surface area contributed by atoms with E-state index in [0.29, 0.717) is 23.8 Å². The smallest absolute Gasteiger partial charge is 0.262 e. The maximum Gasteiger partial charge on any atom is 0.262 e. The van der Waals surface area contributed by atoms with Gasteiger partial charge in [0.25, 0.3) is 10.0 Å². The molecule has 158 valence electrons. The van der Waals surface area contributed by atoms with Crippen LogP contribution >= 0.6 is 28.3 Å². The number of anilines is 2. The van der Waals surface area contributed by atoms with Crippen LogP contribution in [0.3, 0.4) is 0 Å². The fourth-order valence-corrected chi connectivity index (χ4v) is 5.12. The van der Waals surface area contributed by atoms with Crippen LogP contribution < -0.4 is 24.4 Å². The molecule has 0 atom stereocenters. The third-order valence-electron chi connectivity index (χ3n) is 4.91. The van der Waals surface area contributed by atoms with Crippen LogP contribution in [0.5, 0.6) is 11.5 Å². The zero-order valence-corrected chi connectivity index (χ0v) is 19.1. The SMILES string of the molecule is COc1ccc(S(=O)(=O)Nc2cc(Br)cc3c2OCC3)cc1N1CCNCC1.Cl. The Bertz CT molecular complexity index is 997. The predicted molar refractivity (Wildman–Crippen MR) is 119 cm³/mol. The van der Waals surface area contributed by atoms with Gasteiger partial charge in [0, 0.05) is 42.6 Å². The van der Waals surface area contributed by atoms with Gasteiger partial charge in [-0.1, -0.05) is 15.9 Å². The van der Waals surface area contributed by atoms with Crippen molar-refractivity contribution in [2.24, 2.45) is 0 Å². The summed E-state index contributed by atoms with van der Waals surface area (Å²) in [6.45, 7) is 3.83. The highest BCUT2D eigenvalue weighted by Crippen LogP contribution is 2.38. The summed E-state index contributed by atoms with van der Waals surface area (Å²) in [5, 5.41) is 3.30. The molecule has 1 saturated heterocycles. The number of nitrogens with zero attached hydrogens (tertiary/aromatic N) is 1. The molecule has 1 fully saturated rings. The van der Waals surface area contributed by atoms with Gasteiger partial charge >= 0.3 is 0 Å². The third kappa shape index (κ3) is 4.58. The monoisotopic (exact) mass is 503 g/mol. The van der Waals surface area contributed by atoms with Gasteiger partial charge in [-0.15, -0.1) is 12.4 Å². The van der Waals surface area contributed by atoms with Gasteiger partial charge < -0.3 is 19.7 Å². The van der Waals surface area contributed by atoms with Crippen molar-refractivity contribution in [2.75, 3.05) is 49.5 Å². The zero-order valence-electron chi connectivity index (χ0n) is 15.9. The minimum Gasteiger partial charge on any atom is -0.495 e. The third-order valence-corrected chi connectivity index (χ3v) is 6.73. The van der Waals surface area contributed by atoms with E-state index in [-0.39, 0.29) is 17.3 Å². The van der Waals surface area contributed by atoms with Crippen molar-refractivity contribution in [3.05, 3.63) is 40.4 Å². The molecule has 7 nitrogen and oxygen atoms in total. The van der Waals surface area contributed by atoms with Crippen molar-refractivity contribution in [1.82, 2.24) is 5.32 Å². The molecule has 2 aromatic rings. The summed E-state index contributed by atoms with van der Waals surface area (Å²) in [5.41, 5.74) is 2.22. The second-order valence-electron chi connectivity index (χ2n) is 6.72. The first-order chi connectivity index (χ1) is 13.5. The van der Waals surface area contributed by atoms with E-state index in [0.717, 1.165) is 48.3 Å². The van der Waals surface area contributed by atoms with Crippen LogP contribution in [0.1, 0.15) is 5.56 Å². The molecule has 0 amide bonds. The van der Waals surface area contributed by atoms with Crippen LogP contribution in [-0.4, -0.2) is 48.3 Å². The Morgan fingerprint density at radius 3 is 2.69 bits per heavy atom. The van der Waals surface area contributed by atoms with Gasteiger partial charge in [0.2, 0.25) is 0 Å². The second-order valence-corrected chi connectivity index (χ2v) is 9.31. The van der Waals surface area contributed by atoms with Crippen LogP contribution in [-0.2, 0) is 16.4 Å². The largest absolute Gasteiger partial charge is 0.495 e. The van der Waals surface area contributed by atoms with Crippen molar-refractivity contribution < 1.29 is 17.9 Å². The molecule has 0 unspecified atom stereocenters. The maximum absolute atomic E-state index is 13.1. The number of nitrogens with one attached hydrogen (secondary N) is 2. The molecule has 0 saturated carbocycles. The molecule has 0 bridgehead atoms. The van der Waals surface area contributed by atoms with E-state index in [2.05, 4.69) is 30.9 Å². The highest BCUT2D eigenvalue weighted by molar-refractivity contribution is 9.10. The number of benzene rings is 2. The van der Waals surface area contributed by atoms with Crippen LogP contribution in [0, 0.1) is 0 Å². The topological polar surface area (TPSA) is 79.9 Å². The van der Waals surface area contributed by atoms with Crippen LogP contribution in [0.4, 0.5) is 11.4 Å². The molecule has 4 rings (SSSR count). The van der Waals surface area contributed by atoms with Crippen molar-refractivity contribution in [2.45, 2.75) is 11.3 Å². The summed E-state index contributed by atoms with van der Waals surface area (Å²) >= 11 is 3.44. The number of halogens is 2. The van der Waals surface area contributed by atoms with Crippen LogP contribution in [0.2, 0.25) is 0 Å². The average molecular weight is 505 g/mol. The number of fused-ring (bicyclic) bond motifs is 1. The quantitative estimate of drug-likeness (QED) is 0.652. The molecular formula is C19H23BrClN3O4S. The van der Waals surface area contributed by atoms with E-state index in [4.69, 9.17) is 9.47 Å². The highest BCUT2D eigenvalue weighted by atomic mass is 79.9. The van der Waals surface area contributed by atoms with E-state index in [1.54, 1.807) is 31.4 Å². The van der Waals surface area contributed by atoms with E-state index in [1.807, 2.05) is 6.07 Å². The Balaban J connectivity index is 0.00000240. The van der Waals surface area contributed by atoms with Gasteiger partial charge in [-0.25, -0.2) is 8.42 Å². The number of hydrogen-bond donors (Lipinski definition) is 2. The summed E-state index contributed by atoms with van der Waals surface area (Å²) in [4.78, 5) is 2.32. The lowest BCUT2D eigenvalue weighted by Crippen LogP contribution is -2.43. The molecule has 10 heteroatoms. The van der Waals surface area contributed by atoms with Gasteiger partial charge in [-0.3, -0.25) is 4.72 Å². The lowest BCUT2D eigenvalue weighted by Gasteiger charge is -2.30. The summed E-state index contributed by atoms with van der Waals surface area (Å²) < 4.78 is 40.8. The minimum atomic E-state index is -3.79. The van der Waals surface area contributed by atoms with E-state index < -0.39 is 10.0 Å². The molecule has 2 aliphatic heterocycles. The number of hydrogen-bond acceptors (Lipinski definition) is 6. The first kappa shape index (κ1) is 22.0. The van der Waals surface area contributed by atoms with Gasteiger partial charge in [-0.2, -0.15) is 0 Å². The lowest BCUT2D eigenvalue weighted by atomic mass is 10.1. The van der Waals surface area contributed by atoms with Crippen molar-refractivity contribution in [3.63, 3.8) is 0 Å². The fraction of sp³-hybridized carbons (Fsp3) is 0.368. The second kappa shape index (κ2) is 8.99. The van der Waals surface area contributed by atoms with E-state index in [1.165, 1.54) is 0 Å². The molecule has 0 spiro atoms. The van der Waals surface area contributed by atoms with Crippen LogP contribution in [0.15, 0.2) is 39.7 Å². The zero-order chi connectivity index (χ0) is 19.7. The summed E-state index contributed by atoms with van der Waals surface area (Å²) in [6, 6.07) is 8.61. The Morgan fingerprint density at radius 1 is 1.21 bits per heavy atom. The molecule has 29 heavy (non-hydrogen) atoms. The molecule has 2 N–H and O–H groups in total. The standard InChI is InChI=1S/C19H22BrN3O4S.ClH/c1-26-18-3-2-15(12-17(18)23-7-5-21-6-8-23)28(24,25)22-16-11-14(20)10-13-4-9-27-19(13)16;/h2-3,10-12,21-22H,4-9H2,1H3;1H. The molecule has 2 heterocycles. The van der Waals surface area contributed by atoms with Crippen LogP contribution in [0.25, 0.3) is 0 Å². The van der Waals surface area contributed by atoms with Crippen molar-refractivity contribution in [3.8, 4) is 11.5 Å². The number of methoxy groups -OCH3 is 1. The minimum absolute atomic E-state index is 0. The van der Waals surface area contributed by atoms with E-state index in [9.17, 15) is 8.42 Å². The number of sulfonamides is 1. The van der Waals surface area contributed by atoms with Gasteiger partial charge in [0.1, 0.15) is 11.5 Å². The molecule has 0 aliphatic carbocycles. The summed E-state index contributed by atoms with van der Waals surface area (Å²) in [6.07, 6.45) is 0.763. The van der Waals surface area contributed by atoms with Gasteiger partial charge in [0.15, 0.2) is 0 Å². The molecule has 0 aromatic heterocycles. The lowest BCUT2D eigenvalue weighted by molar-refractivity contribution is 0.358. The number of ether oxygens (including phenoxy) is 2. The van der Waals surface area contributed by atoms with Crippen molar-refractivity contribution >= 4 is 49.7 Å². The first-order valence-corrected chi connectivity index (χ1v) is 11.4. The normalized spacial score (nSPS) is 15.9. The Kier molecular flexibility index (Phi) is 6.83. The maximum atomic E-state index is 13.1.